The van der Waals surface area contributed by atoms with Gasteiger partial charge in [-0.1, -0.05) is 29.8 Å². The van der Waals surface area contributed by atoms with E-state index in [1.807, 2.05) is 25.1 Å². The Morgan fingerprint density at radius 2 is 2.10 bits per heavy atom. The zero-order chi connectivity index (χ0) is 15.4. The van der Waals surface area contributed by atoms with Gasteiger partial charge in [0.15, 0.2) is 5.75 Å². The minimum absolute atomic E-state index is 0.412. The highest BCUT2D eigenvalue weighted by atomic mass is 79.9. The summed E-state index contributed by atoms with van der Waals surface area (Å²) in [5.41, 5.74) is 1.69. The summed E-state index contributed by atoms with van der Waals surface area (Å²) in [6.45, 7) is 1.98. The number of carbonyl (C=O) groups is 1. The van der Waals surface area contributed by atoms with Crippen LogP contribution in [-0.2, 0) is 4.79 Å². The molecule has 0 atom stereocenters. The minimum Gasteiger partial charge on any atom is -0.478 e. The Bertz CT molecular complexity index is 711. The van der Waals surface area contributed by atoms with Crippen molar-refractivity contribution in [1.82, 2.24) is 0 Å². The second-order valence-electron chi connectivity index (χ2n) is 4.37. The van der Waals surface area contributed by atoms with Gasteiger partial charge in [-0.2, -0.15) is 0 Å². The Kier molecular flexibility index (Phi) is 5.04. The molecule has 0 unspecified atom stereocenters. The maximum absolute atomic E-state index is 10.7. The number of aryl methyl sites for hydroxylation is 1. The van der Waals surface area contributed by atoms with Crippen molar-refractivity contribution in [2.24, 2.45) is 0 Å². The average molecular weight is 368 g/mol. The molecule has 0 aromatic heterocycles. The number of benzene rings is 2. The molecule has 0 aliphatic carbocycles. The summed E-state index contributed by atoms with van der Waals surface area (Å²) >= 11 is 9.59. The van der Waals surface area contributed by atoms with Gasteiger partial charge in [0.2, 0.25) is 0 Å². The van der Waals surface area contributed by atoms with E-state index in [0.717, 1.165) is 16.1 Å². The Hall–Kier alpha value is -1.78. The lowest BCUT2D eigenvalue weighted by atomic mass is 10.2. The van der Waals surface area contributed by atoms with Crippen LogP contribution in [0.25, 0.3) is 6.08 Å². The lowest BCUT2D eigenvalue weighted by Crippen LogP contribution is -1.91. The van der Waals surface area contributed by atoms with E-state index in [-0.39, 0.29) is 0 Å². The third-order valence-corrected chi connectivity index (χ3v) is 3.62. The molecule has 2 aromatic rings. The van der Waals surface area contributed by atoms with Crippen molar-refractivity contribution in [2.75, 3.05) is 0 Å². The molecule has 0 aliphatic rings. The smallest absolute Gasteiger partial charge is 0.328 e. The first kappa shape index (κ1) is 15.6. The highest BCUT2D eigenvalue weighted by Gasteiger charge is 2.10. The normalized spacial score (nSPS) is 10.8. The molecule has 0 saturated heterocycles. The number of halogens is 2. The Labute approximate surface area is 135 Å². The standard InChI is InChI=1S/C16H12BrClO3/c1-10-5-7-14(12(17)9-10)21-16-11(6-8-15(19)20)3-2-4-13(16)18/h2-9H,1H3,(H,19,20)/b8-6+. The molecular weight excluding hydrogens is 356 g/mol. The van der Waals surface area contributed by atoms with E-state index >= 15 is 0 Å². The molecule has 5 heteroatoms. The van der Waals surface area contributed by atoms with Gasteiger partial charge in [-0.15, -0.1) is 0 Å². The molecule has 1 N–H and O–H groups in total. The number of hydrogen-bond acceptors (Lipinski definition) is 2. The van der Waals surface area contributed by atoms with Crippen LogP contribution >= 0.6 is 27.5 Å². The number of para-hydroxylation sites is 1. The first-order valence-electron chi connectivity index (χ1n) is 6.11. The first-order valence-corrected chi connectivity index (χ1v) is 7.28. The van der Waals surface area contributed by atoms with Crippen LogP contribution in [0.1, 0.15) is 11.1 Å². The van der Waals surface area contributed by atoms with Crippen molar-refractivity contribution in [3.05, 3.63) is 63.1 Å². The van der Waals surface area contributed by atoms with Crippen molar-refractivity contribution in [3.8, 4) is 11.5 Å². The molecule has 21 heavy (non-hydrogen) atoms. The van der Waals surface area contributed by atoms with Crippen molar-refractivity contribution in [1.29, 1.82) is 0 Å². The first-order chi connectivity index (χ1) is 9.97. The molecule has 0 aliphatic heterocycles. The number of hydrogen-bond donors (Lipinski definition) is 1. The third kappa shape index (κ3) is 4.09. The van der Waals surface area contributed by atoms with Gasteiger partial charge in [0, 0.05) is 11.6 Å². The van der Waals surface area contributed by atoms with Gasteiger partial charge in [0.05, 0.1) is 9.50 Å². The Morgan fingerprint density at radius 3 is 2.76 bits per heavy atom. The SMILES string of the molecule is Cc1ccc(Oc2c(Cl)cccc2/C=C/C(=O)O)c(Br)c1. The fraction of sp³-hybridized carbons (Fsp3) is 0.0625. The third-order valence-electron chi connectivity index (χ3n) is 2.70. The summed E-state index contributed by atoms with van der Waals surface area (Å²) in [7, 11) is 0. The van der Waals surface area contributed by atoms with E-state index in [9.17, 15) is 4.79 Å². The number of aliphatic carboxylic acids is 1. The topological polar surface area (TPSA) is 46.5 Å². The van der Waals surface area contributed by atoms with Crippen LogP contribution in [0.4, 0.5) is 0 Å². The van der Waals surface area contributed by atoms with Crippen LogP contribution in [0.3, 0.4) is 0 Å². The molecule has 0 heterocycles. The molecule has 0 radical (unpaired) electrons. The maximum Gasteiger partial charge on any atom is 0.328 e. The maximum atomic E-state index is 10.7. The summed E-state index contributed by atoms with van der Waals surface area (Å²) in [5.74, 6) is -0.00247. The van der Waals surface area contributed by atoms with Crippen molar-refractivity contribution >= 4 is 39.6 Å². The van der Waals surface area contributed by atoms with Crippen molar-refractivity contribution in [3.63, 3.8) is 0 Å². The fourth-order valence-electron chi connectivity index (χ4n) is 1.72. The van der Waals surface area contributed by atoms with E-state index in [4.69, 9.17) is 21.4 Å². The second kappa shape index (κ2) is 6.78. The number of ether oxygens (including phenoxy) is 1. The summed E-state index contributed by atoms with van der Waals surface area (Å²) in [4.78, 5) is 10.7. The predicted octanol–water partition coefficient (Wildman–Crippen LogP) is 5.30. The van der Waals surface area contributed by atoms with Gasteiger partial charge in [-0.25, -0.2) is 4.79 Å². The highest BCUT2D eigenvalue weighted by Crippen LogP contribution is 2.37. The predicted molar refractivity (Wildman–Crippen MR) is 87.1 cm³/mol. The molecule has 0 spiro atoms. The molecule has 0 bridgehead atoms. The number of rotatable bonds is 4. The minimum atomic E-state index is -1.03. The lowest BCUT2D eigenvalue weighted by molar-refractivity contribution is -0.131. The summed E-state index contributed by atoms with van der Waals surface area (Å²) < 4.78 is 6.64. The molecule has 3 nitrogen and oxygen atoms in total. The van der Waals surface area contributed by atoms with Crippen LogP contribution in [0.15, 0.2) is 46.9 Å². The molecular formula is C16H12BrClO3. The summed E-state index contributed by atoms with van der Waals surface area (Å²) in [5, 5.41) is 9.14. The summed E-state index contributed by atoms with van der Waals surface area (Å²) in [6.07, 6.45) is 2.49. The molecule has 108 valence electrons. The number of carboxylic acids is 1. The van der Waals surface area contributed by atoms with E-state index in [1.54, 1.807) is 18.2 Å². The van der Waals surface area contributed by atoms with E-state index in [0.29, 0.717) is 22.1 Å². The largest absolute Gasteiger partial charge is 0.478 e. The van der Waals surface area contributed by atoms with Crippen molar-refractivity contribution < 1.29 is 14.6 Å². The van der Waals surface area contributed by atoms with Gasteiger partial charge >= 0.3 is 5.97 Å². The van der Waals surface area contributed by atoms with Gasteiger partial charge < -0.3 is 9.84 Å². The van der Waals surface area contributed by atoms with Gasteiger partial charge in [-0.05, 0) is 52.7 Å². The molecule has 0 amide bonds. The molecule has 0 saturated carbocycles. The van der Waals surface area contributed by atoms with Crippen LogP contribution in [0, 0.1) is 6.92 Å². The Morgan fingerprint density at radius 1 is 1.33 bits per heavy atom. The zero-order valence-corrected chi connectivity index (χ0v) is 13.5. The van der Waals surface area contributed by atoms with Crippen LogP contribution in [0.5, 0.6) is 11.5 Å². The zero-order valence-electron chi connectivity index (χ0n) is 11.1. The highest BCUT2D eigenvalue weighted by molar-refractivity contribution is 9.10. The monoisotopic (exact) mass is 366 g/mol. The van der Waals surface area contributed by atoms with E-state index in [2.05, 4.69) is 15.9 Å². The average Bonchev–Trinajstić information content (AvgIpc) is 2.42. The second-order valence-corrected chi connectivity index (χ2v) is 5.63. The Balaban J connectivity index is 2.41. The van der Waals surface area contributed by atoms with Gasteiger partial charge in [0.25, 0.3) is 0 Å². The molecule has 2 aromatic carbocycles. The van der Waals surface area contributed by atoms with Crippen LogP contribution in [-0.4, -0.2) is 11.1 Å². The quantitative estimate of drug-likeness (QED) is 0.746. The number of carboxylic acid groups (broad SMARTS) is 1. The van der Waals surface area contributed by atoms with Gasteiger partial charge in [0.1, 0.15) is 5.75 Å². The van der Waals surface area contributed by atoms with E-state index < -0.39 is 5.97 Å². The van der Waals surface area contributed by atoms with Gasteiger partial charge in [-0.3, -0.25) is 0 Å². The lowest BCUT2D eigenvalue weighted by Gasteiger charge is -2.12. The van der Waals surface area contributed by atoms with E-state index in [1.165, 1.54) is 6.08 Å². The summed E-state index contributed by atoms with van der Waals surface area (Å²) in [6, 6.07) is 10.8. The van der Waals surface area contributed by atoms with Crippen LogP contribution < -0.4 is 4.74 Å². The van der Waals surface area contributed by atoms with Crippen LogP contribution in [0.2, 0.25) is 5.02 Å². The fourth-order valence-corrected chi connectivity index (χ4v) is 2.52. The van der Waals surface area contributed by atoms with Crippen molar-refractivity contribution in [2.45, 2.75) is 6.92 Å². The molecule has 0 fully saturated rings. The molecule has 2 rings (SSSR count).